The second-order valence-corrected chi connectivity index (χ2v) is 6.64. The van der Waals surface area contributed by atoms with E-state index in [-0.39, 0.29) is 5.56 Å². The quantitative estimate of drug-likeness (QED) is 0.433. The van der Waals surface area contributed by atoms with Crippen molar-refractivity contribution in [3.05, 3.63) is 93.6 Å². The normalized spacial score (nSPS) is 11.2. The number of benzene rings is 2. The fourth-order valence-electron chi connectivity index (χ4n) is 2.65. The molecule has 0 fully saturated rings. The highest BCUT2D eigenvalue weighted by molar-refractivity contribution is 7.17. The number of aromatic nitrogens is 2. The predicted molar refractivity (Wildman–Crippen MR) is 107 cm³/mol. The molecule has 0 unspecified atom stereocenters. The fourth-order valence-corrected chi connectivity index (χ4v) is 3.42. The lowest BCUT2D eigenvalue weighted by Crippen LogP contribution is -2.24. The van der Waals surface area contributed by atoms with Crippen LogP contribution in [0.5, 0.6) is 0 Å². The van der Waals surface area contributed by atoms with Gasteiger partial charge in [-0.25, -0.2) is 10.4 Å². The Balaban J connectivity index is 1.71. The molecular weight excluding hydrogens is 344 g/mol. The molecule has 128 valence electrons. The summed E-state index contributed by atoms with van der Waals surface area (Å²) in [7, 11) is 0. The summed E-state index contributed by atoms with van der Waals surface area (Å²) in [6.45, 7) is 0.434. The number of nitrogens with one attached hydrogen (secondary N) is 1. The van der Waals surface area contributed by atoms with E-state index < -0.39 is 0 Å². The van der Waals surface area contributed by atoms with Crippen molar-refractivity contribution in [2.75, 3.05) is 5.43 Å². The Morgan fingerprint density at radius 1 is 1.04 bits per heavy atom. The minimum absolute atomic E-state index is 0.0636. The molecule has 0 saturated carbocycles. The van der Waals surface area contributed by atoms with Gasteiger partial charge in [0.05, 0.1) is 18.3 Å². The van der Waals surface area contributed by atoms with Gasteiger partial charge >= 0.3 is 0 Å². The van der Waals surface area contributed by atoms with Gasteiger partial charge in [-0.3, -0.25) is 9.36 Å². The Morgan fingerprint density at radius 3 is 2.54 bits per heavy atom. The van der Waals surface area contributed by atoms with Gasteiger partial charge in [0, 0.05) is 0 Å². The first-order chi connectivity index (χ1) is 12.8. The van der Waals surface area contributed by atoms with Crippen LogP contribution in [0.2, 0.25) is 0 Å². The van der Waals surface area contributed by atoms with Gasteiger partial charge in [-0.1, -0.05) is 60.7 Å². The van der Waals surface area contributed by atoms with Gasteiger partial charge in [0.25, 0.3) is 5.56 Å². The molecule has 0 atom stereocenters. The van der Waals surface area contributed by atoms with Crippen molar-refractivity contribution in [1.29, 1.82) is 0 Å². The molecule has 0 aliphatic carbocycles. The zero-order chi connectivity index (χ0) is 17.8. The van der Waals surface area contributed by atoms with Crippen LogP contribution in [0.15, 0.2) is 82.0 Å². The topological polar surface area (TPSA) is 59.3 Å². The van der Waals surface area contributed by atoms with Gasteiger partial charge in [0.2, 0.25) is 5.95 Å². The lowest BCUT2D eigenvalue weighted by molar-refractivity contribution is 0.756. The van der Waals surface area contributed by atoms with E-state index in [9.17, 15) is 4.79 Å². The van der Waals surface area contributed by atoms with Crippen molar-refractivity contribution in [2.24, 2.45) is 5.10 Å². The van der Waals surface area contributed by atoms with Gasteiger partial charge in [-0.05, 0) is 22.6 Å². The first kappa shape index (κ1) is 16.2. The van der Waals surface area contributed by atoms with Crippen LogP contribution in [0, 0.1) is 0 Å². The molecule has 6 heteroatoms. The first-order valence-corrected chi connectivity index (χ1v) is 9.05. The third-order valence-corrected chi connectivity index (χ3v) is 4.82. The Hall–Kier alpha value is -3.25. The average Bonchev–Trinajstić information content (AvgIpc) is 3.15. The minimum Gasteiger partial charge on any atom is -0.272 e. The van der Waals surface area contributed by atoms with Crippen LogP contribution in [0.1, 0.15) is 11.1 Å². The molecule has 0 bridgehead atoms. The highest BCUT2D eigenvalue weighted by Crippen LogP contribution is 2.18. The number of rotatable bonds is 5. The van der Waals surface area contributed by atoms with Crippen LogP contribution >= 0.6 is 11.3 Å². The van der Waals surface area contributed by atoms with Crippen molar-refractivity contribution >= 4 is 33.7 Å². The van der Waals surface area contributed by atoms with E-state index in [2.05, 4.69) is 15.5 Å². The van der Waals surface area contributed by atoms with E-state index in [1.54, 1.807) is 10.8 Å². The third kappa shape index (κ3) is 3.41. The molecule has 4 aromatic rings. The van der Waals surface area contributed by atoms with Crippen molar-refractivity contribution in [1.82, 2.24) is 9.55 Å². The fraction of sp³-hybridized carbons (Fsp3) is 0.0500. The average molecular weight is 360 g/mol. The highest BCUT2D eigenvalue weighted by Gasteiger charge is 2.12. The number of thiophene rings is 1. The summed E-state index contributed by atoms with van der Waals surface area (Å²) >= 11 is 1.41. The Kier molecular flexibility index (Phi) is 4.57. The first-order valence-electron chi connectivity index (χ1n) is 8.17. The number of hydrogen-bond donors (Lipinski definition) is 1. The molecule has 0 aliphatic heterocycles. The summed E-state index contributed by atoms with van der Waals surface area (Å²) in [5, 5.41) is 6.13. The van der Waals surface area contributed by atoms with Crippen LogP contribution in [0.4, 0.5) is 5.95 Å². The van der Waals surface area contributed by atoms with Crippen LogP contribution in [0.3, 0.4) is 0 Å². The van der Waals surface area contributed by atoms with Crippen LogP contribution in [0.25, 0.3) is 10.2 Å². The molecule has 2 aromatic heterocycles. The molecule has 2 aromatic carbocycles. The van der Waals surface area contributed by atoms with Gasteiger partial charge in [0.15, 0.2) is 0 Å². The largest absolute Gasteiger partial charge is 0.273 e. The van der Waals surface area contributed by atoms with E-state index in [1.807, 2.05) is 72.1 Å². The molecule has 0 amide bonds. The van der Waals surface area contributed by atoms with E-state index in [0.717, 1.165) is 11.1 Å². The van der Waals surface area contributed by atoms with Crippen molar-refractivity contribution in [2.45, 2.75) is 6.54 Å². The zero-order valence-electron chi connectivity index (χ0n) is 13.9. The van der Waals surface area contributed by atoms with E-state index >= 15 is 0 Å². The molecule has 2 heterocycles. The lowest BCUT2D eigenvalue weighted by Gasteiger charge is -2.11. The van der Waals surface area contributed by atoms with Crippen molar-refractivity contribution < 1.29 is 0 Å². The van der Waals surface area contributed by atoms with Crippen LogP contribution < -0.4 is 11.0 Å². The van der Waals surface area contributed by atoms with Gasteiger partial charge < -0.3 is 0 Å². The van der Waals surface area contributed by atoms with Crippen LogP contribution in [-0.2, 0) is 6.54 Å². The molecule has 0 radical (unpaired) electrons. The van der Waals surface area contributed by atoms with Crippen molar-refractivity contribution in [3.8, 4) is 0 Å². The number of hydrazone groups is 1. The summed E-state index contributed by atoms with van der Waals surface area (Å²) in [5.74, 6) is 0.428. The van der Waals surface area contributed by atoms with E-state index in [1.165, 1.54) is 11.3 Å². The maximum absolute atomic E-state index is 12.9. The molecule has 4 rings (SSSR count). The number of fused-ring (bicyclic) bond motifs is 1. The summed E-state index contributed by atoms with van der Waals surface area (Å²) in [6.07, 6.45) is 1.71. The van der Waals surface area contributed by atoms with Gasteiger partial charge in [-0.15, -0.1) is 11.3 Å². The third-order valence-electron chi connectivity index (χ3n) is 3.93. The minimum atomic E-state index is -0.0636. The SMILES string of the molecule is O=c1c2sccc2nc(N/N=C/c2ccccc2)n1Cc1ccccc1. The molecule has 26 heavy (non-hydrogen) atoms. The highest BCUT2D eigenvalue weighted by atomic mass is 32.1. The second kappa shape index (κ2) is 7.33. The van der Waals surface area contributed by atoms with Gasteiger partial charge in [0.1, 0.15) is 4.70 Å². The Labute approximate surface area is 154 Å². The molecule has 5 nitrogen and oxygen atoms in total. The standard InChI is InChI=1S/C20H16N4OS/c25-19-18-17(11-12-26-18)22-20(23-21-13-15-7-3-1-4-8-15)24(19)14-16-9-5-2-6-10-16/h1-13H,14H2,(H,22,23)/b21-13+. The van der Waals surface area contributed by atoms with Gasteiger partial charge in [-0.2, -0.15) is 5.10 Å². The predicted octanol–water partition coefficient (Wildman–Crippen LogP) is 3.95. The summed E-state index contributed by atoms with van der Waals surface area (Å²) in [4.78, 5) is 17.5. The maximum atomic E-state index is 12.9. The molecule has 0 saturated heterocycles. The number of nitrogens with zero attached hydrogens (tertiary/aromatic N) is 3. The number of hydrogen-bond acceptors (Lipinski definition) is 5. The smallest absolute Gasteiger partial charge is 0.272 e. The summed E-state index contributed by atoms with van der Waals surface area (Å²) in [6, 6.07) is 21.4. The summed E-state index contributed by atoms with van der Waals surface area (Å²) in [5.41, 5.74) is 5.55. The Bertz CT molecular complexity index is 1100. The molecule has 0 aliphatic rings. The second-order valence-electron chi connectivity index (χ2n) is 5.73. The van der Waals surface area contributed by atoms with Crippen molar-refractivity contribution in [3.63, 3.8) is 0 Å². The number of anilines is 1. The maximum Gasteiger partial charge on any atom is 0.273 e. The molecular formula is C20H16N4OS. The lowest BCUT2D eigenvalue weighted by atomic mass is 10.2. The van der Waals surface area contributed by atoms with E-state index in [0.29, 0.717) is 22.7 Å². The molecule has 1 N–H and O–H groups in total. The van der Waals surface area contributed by atoms with E-state index in [4.69, 9.17) is 0 Å². The summed E-state index contributed by atoms with van der Waals surface area (Å²) < 4.78 is 2.27. The molecule has 0 spiro atoms. The zero-order valence-corrected chi connectivity index (χ0v) is 14.7. The Morgan fingerprint density at radius 2 is 1.77 bits per heavy atom. The van der Waals surface area contributed by atoms with Crippen LogP contribution in [-0.4, -0.2) is 15.8 Å². The monoisotopic (exact) mass is 360 g/mol.